The summed E-state index contributed by atoms with van der Waals surface area (Å²) >= 11 is 3.17. The van der Waals surface area contributed by atoms with Crippen molar-refractivity contribution in [2.24, 2.45) is 5.73 Å². The molecule has 1 atom stereocenters. The number of nitrogens with zero attached hydrogens (tertiary/aromatic N) is 1. The molecule has 0 saturated carbocycles. The predicted octanol–water partition coefficient (Wildman–Crippen LogP) is 2.34. The lowest BCUT2D eigenvalue weighted by Crippen LogP contribution is -2.32. The van der Waals surface area contributed by atoms with Crippen molar-refractivity contribution in [2.45, 2.75) is 18.9 Å². The number of hydrogen-bond donors (Lipinski definition) is 1. The first-order valence-corrected chi connectivity index (χ1v) is 6.97. The number of rotatable bonds is 4. The van der Waals surface area contributed by atoms with E-state index in [1.54, 1.807) is 11.0 Å². The molecule has 0 aliphatic carbocycles. The van der Waals surface area contributed by atoms with Gasteiger partial charge >= 0.3 is 0 Å². The third kappa shape index (κ3) is 4.61. The minimum Gasteiger partial charge on any atom is -0.490 e. The number of amides is 1. The Balaban J connectivity index is 0.00000200. The molecule has 0 aromatic heterocycles. The summed E-state index contributed by atoms with van der Waals surface area (Å²) in [6.45, 7) is 1.47. The zero-order valence-corrected chi connectivity index (χ0v) is 13.3. The van der Waals surface area contributed by atoms with Crippen LogP contribution in [0.2, 0.25) is 0 Å². The standard InChI is InChI=1S/C13H16BrFN2O2.ClH/c14-9-1-2-12(11(15)7-9)19-6-4-13(18)17-5-3-10(16)8-17;/h1-2,7,10H,3-6,8,16H2;1H/t10-;/m1./s1. The van der Waals surface area contributed by atoms with E-state index in [0.717, 1.165) is 6.42 Å². The molecule has 1 aliphatic heterocycles. The molecule has 2 rings (SSSR count). The molecule has 1 fully saturated rings. The van der Waals surface area contributed by atoms with E-state index in [1.807, 2.05) is 0 Å². The third-order valence-electron chi connectivity index (χ3n) is 3.04. The van der Waals surface area contributed by atoms with Gasteiger partial charge in [0.2, 0.25) is 5.91 Å². The zero-order chi connectivity index (χ0) is 13.8. The van der Waals surface area contributed by atoms with Crippen LogP contribution in [0, 0.1) is 5.82 Å². The molecule has 1 saturated heterocycles. The van der Waals surface area contributed by atoms with E-state index in [-0.39, 0.29) is 43.1 Å². The smallest absolute Gasteiger partial charge is 0.226 e. The highest BCUT2D eigenvalue weighted by atomic mass is 79.9. The molecule has 0 bridgehead atoms. The summed E-state index contributed by atoms with van der Waals surface area (Å²) in [5.74, 6) is -0.274. The highest BCUT2D eigenvalue weighted by Gasteiger charge is 2.23. The van der Waals surface area contributed by atoms with Crippen molar-refractivity contribution in [3.63, 3.8) is 0 Å². The van der Waals surface area contributed by atoms with Gasteiger partial charge in [-0.2, -0.15) is 0 Å². The van der Waals surface area contributed by atoms with Gasteiger partial charge in [0, 0.05) is 23.6 Å². The van der Waals surface area contributed by atoms with Crippen LogP contribution in [0.1, 0.15) is 12.8 Å². The van der Waals surface area contributed by atoms with Crippen molar-refractivity contribution in [2.75, 3.05) is 19.7 Å². The van der Waals surface area contributed by atoms with Crippen LogP contribution in [-0.4, -0.2) is 36.5 Å². The summed E-state index contributed by atoms with van der Waals surface area (Å²) in [6, 6.07) is 4.64. The van der Waals surface area contributed by atoms with Gasteiger partial charge in [-0.05, 0) is 24.6 Å². The number of hydrogen-bond acceptors (Lipinski definition) is 3. The van der Waals surface area contributed by atoms with Crippen molar-refractivity contribution < 1.29 is 13.9 Å². The van der Waals surface area contributed by atoms with Crippen LogP contribution >= 0.6 is 28.3 Å². The average Bonchev–Trinajstić information content (AvgIpc) is 2.78. The fraction of sp³-hybridized carbons (Fsp3) is 0.462. The van der Waals surface area contributed by atoms with Crippen LogP contribution < -0.4 is 10.5 Å². The molecule has 112 valence electrons. The van der Waals surface area contributed by atoms with Gasteiger partial charge in [0.1, 0.15) is 0 Å². The van der Waals surface area contributed by atoms with Crippen LogP contribution in [0.3, 0.4) is 0 Å². The van der Waals surface area contributed by atoms with Gasteiger partial charge in [0.05, 0.1) is 13.0 Å². The van der Waals surface area contributed by atoms with Crippen molar-refractivity contribution in [3.8, 4) is 5.75 Å². The molecular formula is C13H17BrClFN2O2. The topological polar surface area (TPSA) is 55.6 Å². The van der Waals surface area contributed by atoms with E-state index >= 15 is 0 Å². The van der Waals surface area contributed by atoms with E-state index in [9.17, 15) is 9.18 Å². The normalized spacial score (nSPS) is 17.8. The maximum atomic E-state index is 13.5. The molecule has 1 aliphatic rings. The lowest BCUT2D eigenvalue weighted by Gasteiger charge is -2.16. The average molecular weight is 368 g/mol. The molecule has 0 unspecified atom stereocenters. The Morgan fingerprint density at radius 3 is 2.90 bits per heavy atom. The highest BCUT2D eigenvalue weighted by Crippen LogP contribution is 2.21. The van der Waals surface area contributed by atoms with E-state index in [1.165, 1.54) is 12.1 Å². The first-order chi connectivity index (χ1) is 9.06. The molecule has 4 nitrogen and oxygen atoms in total. The number of nitrogens with two attached hydrogens (primary N) is 1. The molecule has 0 radical (unpaired) electrons. The summed E-state index contributed by atoms with van der Waals surface area (Å²) in [4.78, 5) is 13.5. The third-order valence-corrected chi connectivity index (χ3v) is 3.54. The number of ether oxygens (including phenoxy) is 1. The van der Waals surface area contributed by atoms with E-state index < -0.39 is 5.82 Å². The Morgan fingerprint density at radius 2 is 2.30 bits per heavy atom. The lowest BCUT2D eigenvalue weighted by atomic mass is 10.3. The van der Waals surface area contributed by atoms with Crippen molar-refractivity contribution in [3.05, 3.63) is 28.5 Å². The maximum absolute atomic E-state index is 13.5. The second-order valence-corrected chi connectivity index (χ2v) is 5.48. The van der Waals surface area contributed by atoms with Crippen LogP contribution in [0.4, 0.5) is 4.39 Å². The van der Waals surface area contributed by atoms with Gasteiger partial charge in [-0.3, -0.25) is 4.79 Å². The zero-order valence-electron chi connectivity index (χ0n) is 10.9. The fourth-order valence-electron chi connectivity index (χ4n) is 2.01. The van der Waals surface area contributed by atoms with Gasteiger partial charge in [0.15, 0.2) is 11.6 Å². The van der Waals surface area contributed by atoms with Crippen molar-refractivity contribution >= 4 is 34.2 Å². The number of carbonyl (C=O) groups is 1. The van der Waals surface area contributed by atoms with Crippen molar-refractivity contribution in [1.82, 2.24) is 4.90 Å². The molecule has 1 heterocycles. The fourth-order valence-corrected chi connectivity index (χ4v) is 2.35. The molecule has 7 heteroatoms. The summed E-state index contributed by atoms with van der Waals surface area (Å²) in [5, 5.41) is 0. The summed E-state index contributed by atoms with van der Waals surface area (Å²) in [5.41, 5.74) is 5.74. The van der Waals surface area contributed by atoms with Crippen LogP contribution in [0.15, 0.2) is 22.7 Å². The second kappa shape index (κ2) is 7.81. The number of benzene rings is 1. The summed E-state index contributed by atoms with van der Waals surface area (Å²) in [6.07, 6.45) is 1.08. The van der Waals surface area contributed by atoms with Gasteiger partial charge < -0.3 is 15.4 Å². The molecular weight excluding hydrogens is 351 g/mol. The summed E-state index contributed by atoms with van der Waals surface area (Å²) < 4.78 is 19.4. The number of halogens is 3. The summed E-state index contributed by atoms with van der Waals surface area (Å²) in [7, 11) is 0. The quantitative estimate of drug-likeness (QED) is 0.889. The Hall–Kier alpha value is -0.850. The van der Waals surface area contributed by atoms with Gasteiger partial charge in [-0.1, -0.05) is 15.9 Å². The first kappa shape index (κ1) is 17.2. The molecule has 0 spiro atoms. The molecule has 1 aromatic rings. The Labute approximate surface area is 132 Å². The van der Waals surface area contributed by atoms with Gasteiger partial charge in [-0.25, -0.2) is 4.39 Å². The van der Waals surface area contributed by atoms with Crippen LogP contribution in [-0.2, 0) is 4.79 Å². The van der Waals surface area contributed by atoms with Crippen molar-refractivity contribution in [1.29, 1.82) is 0 Å². The Bertz CT molecular complexity index is 476. The minimum absolute atomic E-state index is 0. The van der Waals surface area contributed by atoms with Gasteiger partial charge in [0.25, 0.3) is 0 Å². The number of carbonyl (C=O) groups excluding carboxylic acids is 1. The van der Waals surface area contributed by atoms with Gasteiger partial charge in [-0.15, -0.1) is 12.4 Å². The van der Waals surface area contributed by atoms with Crippen LogP contribution in [0.25, 0.3) is 0 Å². The lowest BCUT2D eigenvalue weighted by molar-refractivity contribution is -0.130. The molecule has 2 N–H and O–H groups in total. The number of likely N-dealkylation sites (tertiary alicyclic amines) is 1. The van der Waals surface area contributed by atoms with E-state index in [2.05, 4.69) is 15.9 Å². The predicted molar refractivity (Wildman–Crippen MR) is 80.6 cm³/mol. The molecule has 1 aromatic carbocycles. The second-order valence-electron chi connectivity index (χ2n) is 4.56. The Kier molecular flexibility index (Phi) is 6.71. The Morgan fingerprint density at radius 1 is 1.55 bits per heavy atom. The monoisotopic (exact) mass is 366 g/mol. The molecule has 20 heavy (non-hydrogen) atoms. The van der Waals surface area contributed by atoms with Crippen LogP contribution in [0.5, 0.6) is 5.75 Å². The SMILES string of the molecule is Cl.N[C@@H]1CCN(C(=O)CCOc2ccc(Br)cc2F)C1. The maximum Gasteiger partial charge on any atom is 0.226 e. The van der Waals surface area contributed by atoms with E-state index in [4.69, 9.17) is 10.5 Å². The highest BCUT2D eigenvalue weighted by molar-refractivity contribution is 9.10. The largest absolute Gasteiger partial charge is 0.490 e. The first-order valence-electron chi connectivity index (χ1n) is 6.17. The van der Waals surface area contributed by atoms with E-state index in [0.29, 0.717) is 17.6 Å². The molecule has 1 amide bonds. The minimum atomic E-state index is -0.440.